The van der Waals surface area contributed by atoms with Gasteiger partial charge in [0.2, 0.25) is 10.0 Å². The van der Waals surface area contributed by atoms with Crippen molar-refractivity contribution in [2.75, 3.05) is 11.9 Å². The molecule has 0 saturated carbocycles. The Kier molecular flexibility index (Phi) is 6.57. The Bertz CT molecular complexity index is 903. The van der Waals surface area contributed by atoms with E-state index < -0.39 is 21.7 Å². The molecule has 0 aliphatic carbocycles. The molecule has 2 aromatic rings. The lowest BCUT2D eigenvalue weighted by molar-refractivity contribution is -0.118. The van der Waals surface area contributed by atoms with Crippen LogP contribution in [0.1, 0.15) is 13.8 Å². The van der Waals surface area contributed by atoms with Crippen LogP contribution in [-0.4, -0.2) is 27.0 Å². The molecule has 0 radical (unpaired) electrons. The topological polar surface area (TPSA) is 84.5 Å². The van der Waals surface area contributed by atoms with Crippen LogP contribution in [-0.2, 0) is 14.8 Å². The van der Waals surface area contributed by atoms with Gasteiger partial charge in [0.1, 0.15) is 11.6 Å². The number of carbonyl (C=O) groups excluding carboxylic acids is 1. The highest BCUT2D eigenvalue weighted by atomic mass is 35.5. The maximum absolute atomic E-state index is 13.1. The highest BCUT2D eigenvalue weighted by Gasteiger charge is 2.17. The first kappa shape index (κ1) is 20.2. The molecule has 2 N–H and O–H groups in total. The Morgan fingerprint density at radius 2 is 1.96 bits per heavy atom. The van der Waals surface area contributed by atoms with Gasteiger partial charge in [-0.3, -0.25) is 4.79 Å². The zero-order valence-corrected chi connectivity index (χ0v) is 15.7. The molecule has 0 aromatic heterocycles. The number of halogens is 2. The molecule has 0 aliphatic heterocycles. The summed E-state index contributed by atoms with van der Waals surface area (Å²) in [5.41, 5.74) is 0.297. The van der Waals surface area contributed by atoms with Crippen LogP contribution in [0, 0.1) is 5.82 Å². The highest BCUT2D eigenvalue weighted by molar-refractivity contribution is 7.89. The third kappa shape index (κ3) is 5.69. The fourth-order valence-electron chi connectivity index (χ4n) is 2.05. The second-order valence-electron chi connectivity index (χ2n) is 5.72. The van der Waals surface area contributed by atoms with Crippen LogP contribution in [0.4, 0.5) is 10.1 Å². The maximum atomic E-state index is 13.1. The minimum absolute atomic E-state index is 0.00670. The zero-order chi connectivity index (χ0) is 19.3. The van der Waals surface area contributed by atoms with Crippen LogP contribution in [0.15, 0.2) is 47.4 Å². The SMILES string of the molecule is CC(C)NS(=O)(=O)c1ccc(OCC(=O)Nc2cccc(F)c2)c(Cl)c1. The number of hydrogen-bond acceptors (Lipinski definition) is 4. The van der Waals surface area contributed by atoms with E-state index >= 15 is 0 Å². The molecule has 26 heavy (non-hydrogen) atoms. The summed E-state index contributed by atoms with van der Waals surface area (Å²) in [4.78, 5) is 11.8. The summed E-state index contributed by atoms with van der Waals surface area (Å²) in [6.45, 7) is 3.04. The summed E-state index contributed by atoms with van der Waals surface area (Å²) in [6, 6.07) is 9.11. The summed E-state index contributed by atoms with van der Waals surface area (Å²) < 4.78 is 45.0. The van der Waals surface area contributed by atoms with Gasteiger partial charge in [-0.2, -0.15) is 0 Å². The lowest BCUT2D eigenvalue weighted by Gasteiger charge is -2.12. The van der Waals surface area contributed by atoms with Crippen LogP contribution in [0.3, 0.4) is 0 Å². The Morgan fingerprint density at radius 1 is 1.23 bits per heavy atom. The second-order valence-corrected chi connectivity index (χ2v) is 7.84. The van der Waals surface area contributed by atoms with Crippen LogP contribution in [0.25, 0.3) is 0 Å². The number of amides is 1. The number of nitrogens with one attached hydrogen (secondary N) is 2. The quantitative estimate of drug-likeness (QED) is 0.747. The maximum Gasteiger partial charge on any atom is 0.262 e. The minimum Gasteiger partial charge on any atom is -0.482 e. The molecule has 0 spiro atoms. The predicted octanol–water partition coefficient (Wildman–Crippen LogP) is 3.18. The van der Waals surface area contributed by atoms with E-state index in [1.165, 1.54) is 42.5 Å². The van der Waals surface area contributed by atoms with E-state index in [2.05, 4.69) is 10.0 Å². The van der Waals surface area contributed by atoms with Gasteiger partial charge in [-0.25, -0.2) is 17.5 Å². The van der Waals surface area contributed by atoms with Crippen molar-refractivity contribution in [3.8, 4) is 5.75 Å². The molecule has 2 rings (SSSR count). The van der Waals surface area contributed by atoms with E-state index in [-0.39, 0.29) is 28.3 Å². The lowest BCUT2D eigenvalue weighted by Crippen LogP contribution is -2.30. The largest absolute Gasteiger partial charge is 0.482 e. The third-order valence-corrected chi connectivity index (χ3v) is 5.02. The number of sulfonamides is 1. The first-order valence-corrected chi connectivity index (χ1v) is 9.53. The normalized spacial score (nSPS) is 11.4. The zero-order valence-electron chi connectivity index (χ0n) is 14.1. The fourth-order valence-corrected chi connectivity index (χ4v) is 3.63. The predicted molar refractivity (Wildman–Crippen MR) is 97.4 cm³/mol. The summed E-state index contributed by atoms with van der Waals surface area (Å²) in [5.74, 6) is -0.826. The Morgan fingerprint density at radius 3 is 2.58 bits per heavy atom. The molecule has 0 unspecified atom stereocenters. The Balaban J connectivity index is 2.01. The third-order valence-electron chi connectivity index (χ3n) is 3.07. The number of anilines is 1. The molecule has 140 valence electrons. The summed E-state index contributed by atoms with van der Waals surface area (Å²) >= 11 is 6.04. The van der Waals surface area contributed by atoms with Gasteiger partial charge in [0, 0.05) is 11.7 Å². The molecule has 0 bridgehead atoms. The lowest BCUT2D eigenvalue weighted by atomic mass is 10.3. The second kappa shape index (κ2) is 8.48. The molecule has 0 fully saturated rings. The molecule has 2 aromatic carbocycles. The van der Waals surface area contributed by atoms with Crippen molar-refractivity contribution in [1.29, 1.82) is 0 Å². The van der Waals surface area contributed by atoms with E-state index in [9.17, 15) is 17.6 Å². The van der Waals surface area contributed by atoms with E-state index in [0.717, 1.165) is 0 Å². The average Bonchev–Trinajstić information content (AvgIpc) is 2.52. The molecule has 0 saturated heterocycles. The van der Waals surface area contributed by atoms with Crippen LogP contribution in [0.2, 0.25) is 5.02 Å². The number of carbonyl (C=O) groups is 1. The number of ether oxygens (including phenoxy) is 1. The van der Waals surface area contributed by atoms with Crippen molar-refractivity contribution >= 4 is 33.2 Å². The van der Waals surface area contributed by atoms with Gasteiger partial charge in [-0.1, -0.05) is 17.7 Å². The molecule has 0 heterocycles. The molecule has 6 nitrogen and oxygen atoms in total. The van der Waals surface area contributed by atoms with Crippen molar-refractivity contribution in [3.05, 3.63) is 53.3 Å². The minimum atomic E-state index is -3.68. The van der Waals surface area contributed by atoms with Gasteiger partial charge in [-0.15, -0.1) is 0 Å². The van der Waals surface area contributed by atoms with Crippen LogP contribution < -0.4 is 14.8 Å². The van der Waals surface area contributed by atoms with E-state index in [0.29, 0.717) is 5.69 Å². The standard InChI is InChI=1S/C17H18ClFN2O4S/c1-11(2)21-26(23,24)14-6-7-16(15(18)9-14)25-10-17(22)20-13-5-3-4-12(19)8-13/h3-9,11,21H,10H2,1-2H3,(H,20,22). The molecular weight excluding hydrogens is 383 g/mol. The molecular formula is C17H18ClFN2O4S. The number of benzene rings is 2. The summed E-state index contributed by atoms with van der Waals surface area (Å²) in [7, 11) is -3.68. The smallest absolute Gasteiger partial charge is 0.262 e. The van der Waals surface area contributed by atoms with Crippen molar-refractivity contribution in [2.45, 2.75) is 24.8 Å². The molecule has 1 amide bonds. The van der Waals surface area contributed by atoms with E-state index in [1.54, 1.807) is 13.8 Å². The van der Waals surface area contributed by atoms with Gasteiger partial charge in [0.25, 0.3) is 5.91 Å². The number of rotatable bonds is 7. The van der Waals surface area contributed by atoms with Gasteiger partial charge in [0.15, 0.2) is 6.61 Å². The van der Waals surface area contributed by atoms with Crippen molar-refractivity contribution in [2.24, 2.45) is 0 Å². The van der Waals surface area contributed by atoms with Crippen LogP contribution >= 0.6 is 11.6 Å². The summed E-state index contributed by atoms with van der Waals surface area (Å²) in [6.07, 6.45) is 0. The van der Waals surface area contributed by atoms with Gasteiger partial charge in [0.05, 0.1) is 9.92 Å². The van der Waals surface area contributed by atoms with E-state index in [1.807, 2.05) is 0 Å². The monoisotopic (exact) mass is 400 g/mol. The molecule has 0 atom stereocenters. The van der Waals surface area contributed by atoms with Gasteiger partial charge >= 0.3 is 0 Å². The average molecular weight is 401 g/mol. The van der Waals surface area contributed by atoms with Crippen molar-refractivity contribution in [1.82, 2.24) is 4.72 Å². The van der Waals surface area contributed by atoms with Crippen LogP contribution in [0.5, 0.6) is 5.75 Å². The fraction of sp³-hybridized carbons (Fsp3) is 0.235. The van der Waals surface area contributed by atoms with Crippen molar-refractivity contribution < 1.29 is 22.3 Å². The first-order valence-electron chi connectivity index (χ1n) is 7.67. The highest BCUT2D eigenvalue weighted by Crippen LogP contribution is 2.27. The first-order chi connectivity index (χ1) is 12.2. The Labute approximate surface area is 156 Å². The van der Waals surface area contributed by atoms with Gasteiger partial charge in [-0.05, 0) is 50.2 Å². The van der Waals surface area contributed by atoms with E-state index in [4.69, 9.17) is 16.3 Å². The Hall–Kier alpha value is -2.16. The number of hydrogen-bond donors (Lipinski definition) is 2. The summed E-state index contributed by atoms with van der Waals surface area (Å²) in [5, 5.41) is 2.53. The van der Waals surface area contributed by atoms with Crippen molar-refractivity contribution in [3.63, 3.8) is 0 Å². The van der Waals surface area contributed by atoms with Gasteiger partial charge < -0.3 is 10.1 Å². The molecule has 9 heteroatoms. The molecule has 0 aliphatic rings.